The van der Waals surface area contributed by atoms with Crippen LogP contribution in [0.1, 0.15) is 45.1 Å². The number of imide groups is 2. The zero-order valence-corrected chi connectivity index (χ0v) is 17.4. The third kappa shape index (κ3) is 3.41. The van der Waals surface area contributed by atoms with E-state index in [4.69, 9.17) is 0 Å². The summed E-state index contributed by atoms with van der Waals surface area (Å²) in [6.07, 6.45) is 2.61. The van der Waals surface area contributed by atoms with Crippen LogP contribution < -0.4 is 16.1 Å². The molecule has 0 radical (unpaired) electrons. The molecule has 2 heterocycles. The second-order valence-electron chi connectivity index (χ2n) is 8.68. The van der Waals surface area contributed by atoms with Gasteiger partial charge in [0.25, 0.3) is 17.7 Å². The number of benzene rings is 1. The van der Waals surface area contributed by atoms with Crippen LogP contribution in [0.3, 0.4) is 0 Å². The fourth-order valence-electron chi connectivity index (χ4n) is 4.43. The van der Waals surface area contributed by atoms with Crippen LogP contribution in [0.5, 0.6) is 0 Å². The number of amides is 7. The lowest BCUT2D eigenvalue weighted by molar-refractivity contribution is -0.141. The molecule has 0 bridgehead atoms. The van der Waals surface area contributed by atoms with Crippen molar-refractivity contribution < 1.29 is 24.0 Å². The van der Waals surface area contributed by atoms with Crippen molar-refractivity contribution in [2.75, 3.05) is 6.54 Å². The highest BCUT2D eigenvalue weighted by molar-refractivity contribution is 6.10. The van der Waals surface area contributed by atoms with Crippen LogP contribution in [0.25, 0.3) is 0 Å². The summed E-state index contributed by atoms with van der Waals surface area (Å²) in [5.41, 5.74) is 0.538. The number of rotatable bonds is 4. The number of hydrogen-bond donors (Lipinski definition) is 3. The van der Waals surface area contributed by atoms with Gasteiger partial charge in [-0.1, -0.05) is 37.3 Å². The molecule has 0 aromatic heterocycles. The van der Waals surface area contributed by atoms with Crippen LogP contribution in [0.15, 0.2) is 30.3 Å². The van der Waals surface area contributed by atoms with Crippen molar-refractivity contribution in [3.8, 4) is 0 Å². The molecule has 2 saturated heterocycles. The van der Waals surface area contributed by atoms with Crippen molar-refractivity contribution in [3.05, 3.63) is 35.9 Å². The molecular weight excluding hydrogens is 402 g/mol. The van der Waals surface area contributed by atoms with Gasteiger partial charge in [-0.05, 0) is 44.1 Å². The lowest BCUT2D eigenvalue weighted by Crippen LogP contribution is -2.53. The average Bonchev–Trinajstić information content (AvgIpc) is 3.11. The van der Waals surface area contributed by atoms with E-state index in [2.05, 4.69) is 23.0 Å². The Kier molecular flexibility index (Phi) is 4.95. The monoisotopic (exact) mass is 427 g/mol. The average molecular weight is 427 g/mol. The summed E-state index contributed by atoms with van der Waals surface area (Å²) in [6, 6.07) is 7.26. The molecule has 7 amide bonds. The minimum atomic E-state index is -1.30. The van der Waals surface area contributed by atoms with Gasteiger partial charge in [0.1, 0.15) is 17.6 Å². The number of carbonyl (C=O) groups is 5. The largest absolute Gasteiger partial charge is 0.344 e. The van der Waals surface area contributed by atoms with Gasteiger partial charge in [0.2, 0.25) is 0 Å². The predicted octanol–water partition coefficient (Wildman–Crippen LogP) is 0.986. The normalized spacial score (nSPS) is 30.6. The van der Waals surface area contributed by atoms with E-state index in [1.807, 2.05) is 0 Å². The fraction of sp³-hybridized carbons (Fsp3) is 0.476. The Morgan fingerprint density at radius 2 is 1.68 bits per heavy atom. The Labute approximate surface area is 179 Å². The number of hydrazine groups is 1. The third-order valence-corrected chi connectivity index (χ3v) is 6.45. The maximum absolute atomic E-state index is 12.9. The van der Waals surface area contributed by atoms with Gasteiger partial charge in [-0.3, -0.25) is 24.7 Å². The summed E-state index contributed by atoms with van der Waals surface area (Å²) in [4.78, 5) is 63.8. The molecule has 164 valence electrons. The molecule has 31 heavy (non-hydrogen) atoms. The van der Waals surface area contributed by atoms with Crippen molar-refractivity contribution >= 4 is 29.8 Å². The van der Waals surface area contributed by atoms with Crippen LogP contribution in [0, 0.1) is 5.92 Å². The summed E-state index contributed by atoms with van der Waals surface area (Å²) in [5.74, 6) is -1.44. The number of nitrogens with one attached hydrogen (secondary N) is 3. The van der Waals surface area contributed by atoms with Gasteiger partial charge in [-0.15, -0.1) is 0 Å². The fourth-order valence-corrected chi connectivity index (χ4v) is 4.43. The van der Waals surface area contributed by atoms with Gasteiger partial charge in [0.15, 0.2) is 0 Å². The molecule has 3 aliphatic rings. The summed E-state index contributed by atoms with van der Waals surface area (Å²) in [7, 11) is 0. The lowest BCUT2D eigenvalue weighted by atomic mass is 9.77. The first kappa shape index (κ1) is 20.8. The zero-order valence-electron chi connectivity index (χ0n) is 17.4. The molecular formula is C21H25N5O5. The van der Waals surface area contributed by atoms with Crippen molar-refractivity contribution in [1.82, 2.24) is 26.0 Å². The molecule has 0 unspecified atom stereocenters. The number of urea groups is 2. The Hall–Kier alpha value is -3.43. The molecule has 3 fully saturated rings. The maximum atomic E-state index is 12.9. The number of nitrogens with zero attached hydrogens (tertiary/aromatic N) is 2. The van der Waals surface area contributed by atoms with Gasteiger partial charge in [-0.2, -0.15) is 5.01 Å². The Morgan fingerprint density at radius 3 is 2.32 bits per heavy atom. The second-order valence-corrected chi connectivity index (χ2v) is 8.68. The van der Waals surface area contributed by atoms with Crippen molar-refractivity contribution in [2.45, 2.75) is 50.6 Å². The Balaban J connectivity index is 1.43. The number of carbonyl (C=O) groups excluding carboxylic acids is 5. The predicted molar refractivity (Wildman–Crippen MR) is 108 cm³/mol. The number of hydrogen-bond acceptors (Lipinski definition) is 5. The summed E-state index contributed by atoms with van der Waals surface area (Å²) >= 11 is 0. The van der Waals surface area contributed by atoms with E-state index in [0.717, 1.165) is 17.7 Å². The molecule has 10 nitrogen and oxygen atoms in total. The smallest absolute Gasteiger partial charge is 0.322 e. The van der Waals surface area contributed by atoms with Crippen LogP contribution in [0.2, 0.25) is 0 Å². The Morgan fingerprint density at radius 1 is 1.03 bits per heavy atom. The highest BCUT2D eigenvalue weighted by atomic mass is 16.2. The van der Waals surface area contributed by atoms with Crippen LogP contribution in [-0.2, 0) is 19.9 Å². The quantitative estimate of drug-likeness (QED) is 0.618. The second kappa shape index (κ2) is 7.36. The first-order valence-corrected chi connectivity index (χ1v) is 10.3. The first-order chi connectivity index (χ1) is 14.7. The standard InChI is InChI=1S/C21H25N5O5/c1-13-8-10-21(11-9-13)17(29)26(19(31)23-21)24-15(27)12-25-16(28)20(2,22-18(25)30)14-6-4-3-5-7-14/h3-7,13H,8-12H2,1-2H3,(H,22,30)(H,23,31)(H,24,27)/t13?,20-,21?/m0/s1. The molecule has 3 N–H and O–H groups in total. The SMILES string of the molecule is CC1CCC2(CC1)NC(=O)N(NC(=O)CN1C(=O)N[C@@](C)(c3ccccc3)C1=O)C2=O. The van der Waals surface area contributed by atoms with Crippen molar-refractivity contribution in [2.24, 2.45) is 5.92 Å². The topological polar surface area (TPSA) is 128 Å². The van der Waals surface area contributed by atoms with Crippen LogP contribution in [0.4, 0.5) is 9.59 Å². The Bertz CT molecular complexity index is 956. The molecule has 1 aromatic carbocycles. The van der Waals surface area contributed by atoms with Crippen molar-refractivity contribution in [3.63, 3.8) is 0 Å². The minimum Gasteiger partial charge on any atom is -0.322 e. The zero-order chi connectivity index (χ0) is 22.4. The van der Waals surface area contributed by atoms with E-state index < -0.39 is 47.4 Å². The molecule has 1 aliphatic carbocycles. The van der Waals surface area contributed by atoms with Gasteiger partial charge in [0.05, 0.1) is 0 Å². The molecule has 4 rings (SSSR count). The molecule has 10 heteroatoms. The van der Waals surface area contributed by atoms with E-state index in [1.165, 1.54) is 0 Å². The highest BCUT2D eigenvalue weighted by Gasteiger charge is 2.54. The van der Waals surface area contributed by atoms with E-state index >= 15 is 0 Å². The lowest BCUT2D eigenvalue weighted by Gasteiger charge is -2.33. The summed E-state index contributed by atoms with van der Waals surface area (Å²) in [5, 5.41) is 5.97. The van der Waals surface area contributed by atoms with E-state index in [-0.39, 0.29) is 0 Å². The van der Waals surface area contributed by atoms with Crippen LogP contribution >= 0.6 is 0 Å². The van der Waals surface area contributed by atoms with Crippen LogP contribution in [-0.4, -0.2) is 51.8 Å². The maximum Gasteiger partial charge on any atom is 0.344 e. The van der Waals surface area contributed by atoms with Crippen molar-refractivity contribution in [1.29, 1.82) is 0 Å². The van der Waals surface area contributed by atoms with Gasteiger partial charge in [0, 0.05) is 0 Å². The van der Waals surface area contributed by atoms with E-state index in [0.29, 0.717) is 29.3 Å². The molecule has 2 aliphatic heterocycles. The summed E-state index contributed by atoms with van der Waals surface area (Å²) < 4.78 is 0. The van der Waals surface area contributed by atoms with E-state index in [9.17, 15) is 24.0 Å². The highest BCUT2D eigenvalue weighted by Crippen LogP contribution is 2.36. The molecule has 1 spiro atoms. The first-order valence-electron chi connectivity index (χ1n) is 10.3. The van der Waals surface area contributed by atoms with E-state index in [1.54, 1.807) is 37.3 Å². The van der Waals surface area contributed by atoms with Gasteiger partial charge < -0.3 is 10.6 Å². The third-order valence-electron chi connectivity index (χ3n) is 6.45. The van der Waals surface area contributed by atoms with Gasteiger partial charge in [-0.25, -0.2) is 9.59 Å². The van der Waals surface area contributed by atoms with Gasteiger partial charge >= 0.3 is 12.1 Å². The molecule has 1 atom stereocenters. The molecule has 1 saturated carbocycles. The summed E-state index contributed by atoms with van der Waals surface area (Å²) in [6.45, 7) is 3.04. The molecule has 1 aromatic rings. The minimum absolute atomic E-state index is 0.470.